The van der Waals surface area contributed by atoms with Crippen LogP contribution in [0, 0.1) is 0 Å². The van der Waals surface area contributed by atoms with Gasteiger partial charge >= 0.3 is 0 Å². The number of aliphatic hydroxyl groups excluding tert-OH is 1. The predicted molar refractivity (Wildman–Crippen MR) is 66.9 cm³/mol. The van der Waals surface area contributed by atoms with Gasteiger partial charge in [0.15, 0.2) is 9.84 Å². The molecule has 0 fully saturated rings. The van der Waals surface area contributed by atoms with Crippen molar-refractivity contribution in [3.63, 3.8) is 0 Å². The largest absolute Gasteiger partial charge is 0.396 e. The number of aromatic nitrogens is 1. The highest BCUT2D eigenvalue weighted by atomic mass is 32.2. The van der Waals surface area contributed by atoms with Gasteiger partial charge in [0.1, 0.15) is 10.7 Å². The molecule has 0 saturated carbocycles. The first kappa shape index (κ1) is 13.9. The second kappa shape index (κ2) is 5.97. The molecule has 0 amide bonds. The van der Waals surface area contributed by atoms with E-state index in [9.17, 15) is 8.42 Å². The van der Waals surface area contributed by atoms with Crippen molar-refractivity contribution in [3.8, 4) is 0 Å². The summed E-state index contributed by atoms with van der Waals surface area (Å²) in [6.07, 6.45) is 3.34. The minimum Gasteiger partial charge on any atom is -0.396 e. The number of hydrogen-bond donors (Lipinski definition) is 1. The van der Waals surface area contributed by atoms with Crippen molar-refractivity contribution in [2.45, 2.75) is 18.2 Å². The van der Waals surface area contributed by atoms with E-state index in [4.69, 9.17) is 5.11 Å². The quantitative estimate of drug-likeness (QED) is 0.813. The van der Waals surface area contributed by atoms with Crippen molar-refractivity contribution in [3.05, 3.63) is 18.3 Å². The maximum atomic E-state index is 11.6. The van der Waals surface area contributed by atoms with Crippen LogP contribution in [0.3, 0.4) is 0 Å². The SMILES string of the molecule is CCN(CCCO)c1ncccc1S(C)(=O)=O. The molecule has 0 aromatic carbocycles. The Balaban J connectivity index is 3.11. The Labute approximate surface area is 102 Å². The molecule has 1 aromatic heterocycles. The molecule has 0 bridgehead atoms. The number of pyridine rings is 1. The third-order valence-electron chi connectivity index (χ3n) is 2.42. The first-order valence-corrected chi connectivity index (χ1v) is 7.40. The molecule has 0 saturated heterocycles. The van der Waals surface area contributed by atoms with Crippen LogP contribution in [0.25, 0.3) is 0 Å². The summed E-state index contributed by atoms with van der Waals surface area (Å²) < 4.78 is 23.3. The normalized spacial score (nSPS) is 11.5. The fourth-order valence-corrected chi connectivity index (χ4v) is 2.42. The Morgan fingerprint density at radius 3 is 2.71 bits per heavy atom. The molecule has 0 radical (unpaired) electrons. The number of hydrogen-bond acceptors (Lipinski definition) is 5. The van der Waals surface area contributed by atoms with Crippen LogP contribution in [0.15, 0.2) is 23.2 Å². The van der Waals surface area contributed by atoms with E-state index < -0.39 is 9.84 Å². The summed E-state index contributed by atoms with van der Waals surface area (Å²) in [4.78, 5) is 6.22. The zero-order valence-corrected chi connectivity index (χ0v) is 10.9. The lowest BCUT2D eigenvalue weighted by Gasteiger charge is -2.23. The first-order chi connectivity index (χ1) is 8.00. The topological polar surface area (TPSA) is 70.5 Å². The van der Waals surface area contributed by atoms with Crippen molar-refractivity contribution in [2.75, 3.05) is 30.9 Å². The molecule has 1 N–H and O–H groups in total. The van der Waals surface area contributed by atoms with Crippen LogP contribution < -0.4 is 4.90 Å². The second-order valence-corrected chi connectivity index (χ2v) is 5.74. The number of aliphatic hydroxyl groups is 1. The van der Waals surface area contributed by atoms with Crippen LogP contribution in [0.2, 0.25) is 0 Å². The van der Waals surface area contributed by atoms with E-state index in [0.717, 1.165) is 0 Å². The van der Waals surface area contributed by atoms with Gasteiger partial charge < -0.3 is 10.0 Å². The van der Waals surface area contributed by atoms with Crippen molar-refractivity contribution in [1.82, 2.24) is 4.98 Å². The minimum atomic E-state index is -3.28. The molecule has 0 unspecified atom stereocenters. The van der Waals surface area contributed by atoms with Crippen LogP contribution in [0.4, 0.5) is 5.82 Å². The highest BCUT2D eigenvalue weighted by Crippen LogP contribution is 2.22. The monoisotopic (exact) mass is 258 g/mol. The van der Waals surface area contributed by atoms with Crippen LogP contribution in [0.1, 0.15) is 13.3 Å². The van der Waals surface area contributed by atoms with Gasteiger partial charge in [-0.15, -0.1) is 0 Å². The molecular formula is C11H18N2O3S. The summed E-state index contributed by atoms with van der Waals surface area (Å²) in [5, 5.41) is 8.82. The summed E-state index contributed by atoms with van der Waals surface area (Å²) in [5.41, 5.74) is 0. The number of rotatable bonds is 6. The molecule has 1 aromatic rings. The van der Waals surface area contributed by atoms with Gasteiger partial charge in [-0.1, -0.05) is 0 Å². The maximum Gasteiger partial charge on any atom is 0.179 e. The van der Waals surface area contributed by atoms with Crippen LogP contribution in [0.5, 0.6) is 0 Å². The van der Waals surface area contributed by atoms with E-state index in [1.54, 1.807) is 18.3 Å². The molecule has 0 aliphatic rings. The molecular weight excluding hydrogens is 240 g/mol. The lowest BCUT2D eigenvalue weighted by atomic mass is 10.3. The average Bonchev–Trinajstić information content (AvgIpc) is 2.29. The molecule has 6 heteroatoms. The zero-order valence-electron chi connectivity index (χ0n) is 10.1. The summed E-state index contributed by atoms with van der Waals surface area (Å²) in [5.74, 6) is 0.464. The van der Waals surface area contributed by atoms with Crippen molar-refractivity contribution < 1.29 is 13.5 Å². The number of nitrogens with zero attached hydrogens (tertiary/aromatic N) is 2. The van der Waals surface area contributed by atoms with Gasteiger partial charge in [-0.3, -0.25) is 0 Å². The van der Waals surface area contributed by atoms with Gasteiger partial charge in [0.05, 0.1) is 0 Å². The Bertz CT molecular complexity index is 460. The summed E-state index contributed by atoms with van der Waals surface area (Å²) >= 11 is 0. The molecule has 5 nitrogen and oxygen atoms in total. The lowest BCUT2D eigenvalue weighted by molar-refractivity contribution is 0.289. The summed E-state index contributed by atoms with van der Waals surface area (Å²) in [6.45, 7) is 3.25. The molecule has 0 spiro atoms. The second-order valence-electron chi connectivity index (χ2n) is 3.75. The van der Waals surface area contributed by atoms with Gasteiger partial charge in [0.25, 0.3) is 0 Å². The van der Waals surface area contributed by atoms with Crippen LogP contribution in [-0.2, 0) is 9.84 Å². The van der Waals surface area contributed by atoms with Crippen LogP contribution in [-0.4, -0.2) is 44.5 Å². The van der Waals surface area contributed by atoms with Crippen molar-refractivity contribution in [2.24, 2.45) is 0 Å². The van der Waals surface area contributed by atoms with E-state index in [1.165, 1.54) is 6.26 Å². The van der Waals surface area contributed by atoms with Gasteiger partial charge in [-0.05, 0) is 25.5 Å². The Kier molecular flexibility index (Phi) is 4.89. The third-order valence-corrected chi connectivity index (χ3v) is 3.54. The third kappa shape index (κ3) is 3.67. The predicted octanol–water partition coefficient (Wildman–Crippen LogP) is 0.694. The van der Waals surface area contributed by atoms with Gasteiger partial charge in [-0.25, -0.2) is 13.4 Å². The fourth-order valence-electron chi connectivity index (χ4n) is 1.58. The Morgan fingerprint density at radius 1 is 1.47 bits per heavy atom. The standard InChI is InChI=1S/C11H18N2O3S/c1-3-13(8-5-9-14)11-10(17(2,15)16)6-4-7-12-11/h4,6-7,14H,3,5,8-9H2,1-2H3. The van der Waals surface area contributed by atoms with Gasteiger partial charge in [0, 0.05) is 32.1 Å². The first-order valence-electron chi connectivity index (χ1n) is 5.51. The van der Waals surface area contributed by atoms with E-state index in [1.807, 2.05) is 11.8 Å². The maximum absolute atomic E-state index is 11.6. The minimum absolute atomic E-state index is 0.0809. The lowest BCUT2D eigenvalue weighted by Crippen LogP contribution is -2.27. The molecule has 1 heterocycles. The van der Waals surface area contributed by atoms with E-state index in [-0.39, 0.29) is 11.5 Å². The molecule has 17 heavy (non-hydrogen) atoms. The molecule has 96 valence electrons. The highest BCUT2D eigenvalue weighted by molar-refractivity contribution is 7.90. The number of anilines is 1. The average molecular weight is 258 g/mol. The smallest absolute Gasteiger partial charge is 0.179 e. The van der Waals surface area contributed by atoms with Crippen molar-refractivity contribution >= 4 is 15.7 Å². The van der Waals surface area contributed by atoms with Gasteiger partial charge in [0.2, 0.25) is 0 Å². The van der Waals surface area contributed by atoms with Crippen LogP contribution >= 0.6 is 0 Å². The van der Waals surface area contributed by atoms with E-state index in [0.29, 0.717) is 25.3 Å². The van der Waals surface area contributed by atoms with Gasteiger partial charge in [-0.2, -0.15) is 0 Å². The summed E-state index contributed by atoms with van der Waals surface area (Å²) in [6, 6.07) is 3.17. The van der Waals surface area contributed by atoms with E-state index >= 15 is 0 Å². The zero-order chi connectivity index (χ0) is 12.9. The Morgan fingerprint density at radius 2 is 2.18 bits per heavy atom. The molecule has 1 rings (SSSR count). The highest BCUT2D eigenvalue weighted by Gasteiger charge is 2.17. The molecule has 0 atom stereocenters. The number of sulfone groups is 1. The molecule has 0 aliphatic carbocycles. The Hall–Kier alpha value is -1.14. The van der Waals surface area contributed by atoms with Crippen molar-refractivity contribution in [1.29, 1.82) is 0 Å². The summed E-state index contributed by atoms with van der Waals surface area (Å²) in [7, 11) is -3.28. The van der Waals surface area contributed by atoms with E-state index in [2.05, 4.69) is 4.98 Å². The fraction of sp³-hybridized carbons (Fsp3) is 0.545. The molecule has 0 aliphatic heterocycles.